The summed E-state index contributed by atoms with van der Waals surface area (Å²) >= 11 is 7.77. The number of thiazole rings is 1. The van der Waals surface area contributed by atoms with E-state index in [1.54, 1.807) is 11.3 Å². The number of halogens is 1. The van der Waals surface area contributed by atoms with Crippen molar-refractivity contribution in [1.29, 1.82) is 0 Å². The number of aliphatic hydroxyl groups is 1. The van der Waals surface area contributed by atoms with Crippen LogP contribution in [0.25, 0.3) is 0 Å². The first-order valence-electron chi connectivity index (χ1n) is 7.64. The molecule has 1 saturated heterocycles. The zero-order valence-electron chi connectivity index (χ0n) is 13.0. The number of hydrogen-bond acceptors (Lipinski definition) is 4. The van der Waals surface area contributed by atoms with Gasteiger partial charge in [-0.3, -0.25) is 0 Å². The summed E-state index contributed by atoms with van der Waals surface area (Å²) in [6.45, 7) is 5.43. The summed E-state index contributed by atoms with van der Waals surface area (Å²) in [7, 11) is 0. The molecule has 3 rings (SSSR count). The maximum absolute atomic E-state index is 9.25. The van der Waals surface area contributed by atoms with Gasteiger partial charge in [-0.2, -0.15) is 0 Å². The fourth-order valence-corrected chi connectivity index (χ4v) is 4.01. The minimum atomic E-state index is -0.138. The van der Waals surface area contributed by atoms with E-state index >= 15 is 0 Å². The number of aromatic nitrogens is 1. The maximum atomic E-state index is 9.25. The van der Waals surface area contributed by atoms with Gasteiger partial charge in [-0.1, -0.05) is 37.6 Å². The van der Waals surface area contributed by atoms with Crippen LogP contribution in [-0.4, -0.2) is 23.3 Å². The molecule has 22 heavy (non-hydrogen) atoms. The highest BCUT2D eigenvalue weighted by molar-refractivity contribution is 7.09. The summed E-state index contributed by atoms with van der Waals surface area (Å²) < 4.78 is 5.53. The van der Waals surface area contributed by atoms with Crippen LogP contribution in [-0.2, 0) is 16.8 Å². The van der Waals surface area contributed by atoms with Gasteiger partial charge in [-0.05, 0) is 30.5 Å². The van der Waals surface area contributed by atoms with E-state index in [9.17, 15) is 5.11 Å². The lowest BCUT2D eigenvalue weighted by Crippen LogP contribution is -2.35. The highest BCUT2D eigenvalue weighted by Gasteiger charge is 2.39. The Morgan fingerprint density at radius 3 is 2.64 bits per heavy atom. The Morgan fingerprint density at radius 1 is 1.32 bits per heavy atom. The van der Waals surface area contributed by atoms with Gasteiger partial charge < -0.3 is 9.84 Å². The van der Waals surface area contributed by atoms with Crippen molar-refractivity contribution in [3.05, 3.63) is 50.9 Å². The first kappa shape index (κ1) is 17.4. The van der Waals surface area contributed by atoms with Crippen molar-refractivity contribution in [1.82, 2.24) is 4.98 Å². The SMILES string of the molecule is CC.OCc1csc(C2(c3cccc(Cl)c3)CCOCC2)n1. The predicted octanol–water partition coefficient (Wildman–Crippen LogP) is 4.41. The molecule has 0 saturated carbocycles. The Hall–Kier alpha value is -0.940. The highest BCUT2D eigenvalue weighted by atomic mass is 35.5. The summed E-state index contributed by atoms with van der Waals surface area (Å²) in [4.78, 5) is 4.60. The van der Waals surface area contributed by atoms with E-state index < -0.39 is 0 Å². The first-order chi connectivity index (χ1) is 10.7. The molecule has 1 aliphatic rings. The van der Waals surface area contributed by atoms with Gasteiger partial charge in [0.05, 0.1) is 17.7 Å². The standard InChI is InChI=1S/C15H16ClNO2S.C2H6/c16-12-3-1-2-11(8-12)15(4-6-19-7-5-15)14-17-13(9-18)10-20-14;1-2/h1-3,8,10,18H,4-7,9H2;1-2H3. The number of benzene rings is 1. The number of ether oxygens (including phenoxy) is 1. The van der Waals surface area contributed by atoms with Crippen molar-refractivity contribution in [3.8, 4) is 0 Å². The fourth-order valence-electron chi connectivity index (χ4n) is 2.73. The molecule has 0 bridgehead atoms. The molecule has 0 radical (unpaired) electrons. The molecule has 120 valence electrons. The van der Waals surface area contributed by atoms with Crippen LogP contribution in [0.3, 0.4) is 0 Å². The van der Waals surface area contributed by atoms with Gasteiger partial charge in [0.1, 0.15) is 5.01 Å². The van der Waals surface area contributed by atoms with E-state index in [1.807, 2.05) is 37.4 Å². The molecule has 0 spiro atoms. The average Bonchev–Trinajstić information content (AvgIpc) is 3.07. The van der Waals surface area contributed by atoms with Gasteiger partial charge in [0.15, 0.2) is 0 Å². The van der Waals surface area contributed by atoms with Crippen molar-refractivity contribution in [2.24, 2.45) is 0 Å². The number of hydrogen-bond donors (Lipinski definition) is 1. The minimum absolute atomic E-state index is 0.0153. The van der Waals surface area contributed by atoms with E-state index in [4.69, 9.17) is 16.3 Å². The third kappa shape index (κ3) is 3.51. The predicted molar refractivity (Wildman–Crippen MR) is 91.7 cm³/mol. The molecule has 2 heterocycles. The second-order valence-corrected chi connectivity index (χ2v) is 6.30. The summed E-state index contributed by atoms with van der Waals surface area (Å²) in [5.74, 6) is 0. The molecule has 0 unspecified atom stereocenters. The van der Waals surface area contributed by atoms with Crippen LogP contribution in [0.15, 0.2) is 29.6 Å². The van der Waals surface area contributed by atoms with Crippen LogP contribution in [0, 0.1) is 0 Å². The third-order valence-electron chi connectivity index (χ3n) is 3.85. The number of aliphatic hydroxyl groups excluding tert-OH is 1. The normalized spacial score (nSPS) is 16.7. The molecule has 0 atom stereocenters. The minimum Gasteiger partial charge on any atom is -0.390 e. The largest absolute Gasteiger partial charge is 0.390 e. The van der Waals surface area contributed by atoms with Crippen molar-refractivity contribution < 1.29 is 9.84 Å². The van der Waals surface area contributed by atoms with Gasteiger partial charge in [-0.15, -0.1) is 11.3 Å². The molecular weight excluding hydrogens is 318 g/mol. The molecule has 3 nitrogen and oxygen atoms in total. The van der Waals surface area contributed by atoms with Gasteiger partial charge in [0.2, 0.25) is 0 Å². The Balaban J connectivity index is 0.000000847. The van der Waals surface area contributed by atoms with Crippen LogP contribution in [0.5, 0.6) is 0 Å². The van der Waals surface area contributed by atoms with Crippen LogP contribution >= 0.6 is 22.9 Å². The van der Waals surface area contributed by atoms with Gasteiger partial charge in [0.25, 0.3) is 0 Å². The van der Waals surface area contributed by atoms with Crippen LogP contribution in [0.1, 0.15) is 43.0 Å². The highest BCUT2D eigenvalue weighted by Crippen LogP contribution is 2.43. The molecule has 1 aromatic heterocycles. The maximum Gasteiger partial charge on any atom is 0.104 e. The van der Waals surface area contributed by atoms with Crippen molar-refractivity contribution >= 4 is 22.9 Å². The second-order valence-electron chi connectivity index (χ2n) is 5.01. The van der Waals surface area contributed by atoms with Gasteiger partial charge in [0, 0.05) is 23.6 Å². The quantitative estimate of drug-likeness (QED) is 0.900. The zero-order valence-corrected chi connectivity index (χ0v) is 14.6. The second kappa shape index (κ2) is 8.06. The third-order valence-corrected chi connectivity index (χ3v) is 5.18. The van der Waals surface area contributed by atoms with E-state index in [0.29, 0.717) is 0 Å². The van der Waals surface area contributed by atoms with Gasteiger partial charge in [-0.25, -0.2) is 4.98 Å². The van der Waals surface area contributed by atoms with Crippen LogP contribution < -0.4 is 0 Å². The van der Waals surface area contributed by atoms with Gasteiger partial charge >= 0.3 is 0 Å². The molecule has 0 aliphatic carbocycles. The zero-order chi connectivity index (χ0) is 16.0. The Morgan fingerprint density at radius 2 is 2.05 bits per heavy atom. The molecular formula is C17H22ClNO2S. The molecule has 2 aromatic rings. The molecule has 0 amide bonds. The first-order valence-corrected chi connectivity index (χ1v) is 8.90. The summed E-state index contributed by atoms with van der Waals surface area (Å²) in [6, 6.07) is 8.00. The Kier molecular flexibility index (Phi) is 6.38. The van der Waals surface area contributed by atoms with E-state index in [0.717, 1.165) is 41.8 Å². The van der Waals surface area contributed by atoms with Crippen molar-refractivity contribution in [3.63, 3.8) is 0 Å². The lowest BCUT2D eigenvalue weighted by molar-refractivity contribution is 0.0629. The average molecular weight is 340 g/mol. The van der Waals surface area contributed by atoms with Crippen molar-refractivity contribution in [2.45, 2.75) is 38.7 Å². The Bertz CT molecular complexity index is 594. The van der Waals surface area contributed by atoms with E-state index in [2.05, 4.69) is 11.1 Å². The topological polar surface area (TPSA) is 42.4 Å². The molecule has 1 fully saturated rings. The fraction of sp³-hybridized carbons (Fsp3) is 0.471. The van der Waals surface area contributed by atoms with E-state index in [1.165, 1.54) is 5.56 Å². The monoisotopic (exact) mass is 339 g/mol. The summed E-state index contributed by atoms with van der Waals surface area (Å²) in [6.07, 6.45) is 1.79. The summed E-state index contributed by atoms with van der Waals surface area (Å²) in [5, 5.41) is 13.0. The molecule has 1 aliphatic heterocycles. The number of nitrogens with zero attached hydrogens (tertiary/aromatic N) is 1. The van der Waals surface area contributed by atoms with Crippen LogP contribution in [0.2, 0.25) is 5.02 Å². The van der Waals surface area contributed by atoms with E-state index in [-0.39, 0.29) is 12.0 Å². The number of rotatable bonds is 3. The Labute approximate surface area is 140 Å². The molecule has 5 heteroatoms. The molecule has 1 aromatic carbocycles. The van der Waals surface area contributed by atoms with Crippen LogP contribution in [0.4, 0.5) is 0 Å². The smallest absolute Gasteiger partial charge is 0.104 e. The lowest BCUT2D eigenvalue weighted by Gasteiger charge is -2.36. The summed E-state index contributed by atoms with van der Waals surface area (Å²) in [5.41, 5.74) is 1.78. The lowest BCUT2D eigenvalue weighted by atomic mass is 9.74. The molecule has 1 N–H and O–H groups in total. The van der Waals surface area contributed by atoms with Crippen molar-refractivity contribution in [2.75, 3.05) is 13.2 Å².